The van der Waals surface area contributed by atoms with E-state index >= 15 is 0 Å². The van der Waals surface area contributed by atoms with Gasteiger partial charge in [0, 0.05) is 6.04 Å². The molecule has 2 aromatic rings. The van der Waals surface area contributed by atoms with Crippen LogP contribution in [0.5, 0.6) is 0 Å². The molecule has 0 saturated carbocycles. The van der Waals surface area contributed by atoms with Crippen molar-refractivity contribution in [3.63, 3.8) is 0 Å². The maximum Gasteiger partial charge on any atom is 0.0287 e. The summed E-state index contributed by atoms with van der Waals surface area (Å²) in [6, 6.07) is 21.7. The summed E-state index contributed by atoms with van der Waals surface area (Å²) in [6.45, 7) is 0. The molecule has 0 aliphatic carbocycles. The first-order chi connectivity index (χ1) is 9.88. The molecule has 1 unspecified atom stereocenters. The topological polar surface area (TPSA) is 12.0 Å². The van der Waals surface area contributed by atoms with Gasteiger partial charge in [0.1, 0.15) is 0 Å². The highest BCUT2D eigenvalue weighted by Gasteiger charge is 2.02. The van der Waals surface area contributed by atoms with Crippen LogP contribution in [0, 0.1) is 0 Å². The standard InChI is InChI=1S/C19H23N/c1-20-19(16-18-13-6-3-7-14-18)15-9-8-12-17-10-4-2-5-11-17/h2-7,9-11,13-15,19-20H,8,12,16H2,1H3/b15-9+. The van der Waals surface area contributed by atoms with Gasteiger partial charge in [-0.1, -0.05) is 72.8 Å². The maximum absolute atomic E-state index is 3.36. The van der Waals surface area contributed by atoms with Gasteiger partial charge in [-0.15, -0.1) is 0 Å². The van der Waals surface area contributed by atoms with Crippen molar-refractivity contribution >= 4 is 0 Å². The Morgan fingerprint density at radius 3 is 2.10 bits per heavy atom. The van der Waals surface area contributed by atoms with Crippen molar-refractivity contribution in [3.05, 3.63) is 83.9 Å². The Balaban J connectivity index is 1.79. The molecule has 0 spiro atoms. The zero-order valence-electron chi connectivity index (χ0n) is 12.1. The number of likely N-dealkylation sites (N-methyl/N-ethyl adjacent to an activating group) is 1. The molecular formula is C19H23N. The predicted octanol–water partition coefficient (Wildman–Crippen LogP) is 4.01. The van der Waals surface area contributed by atoms with Crippen molar-refractivity contribution in [2.75, 3.05) is 7.05 Å². The van der Waals surface area contributed by atoms with Crippen LogP contribution in [0.1, 0.15) is 17.5 Å². The van der Waals surface area contributed by atoms with Gasteiger partial charge in [0.15, 0.2) is 0 Å². The van der Waals surface area contributed by atoms with Crippen LogP contribution in [-0.2, 0) is 12.8 Å². The third kappa shape index (κ3) is 5.02. The fraction of sp³-hybridized carbons (Fsp3) is 0.263. The van der Waals surface area contributed by atoms with Crippen molar-refractivity contribution in [2.45, 2.75) is 25.3 Å². The summed E-state index contributed by atoms with van der Waals surface area (Å²) in [5.41, 5.74) is 2.78. The van der Waals surface area contributed by atoms with Crippen LogP contribution in [0.2, 0.25) is 0 Å². The van der Waals surface area contributed by atoms with Gasteiger partial charge in [-0.3, -0.25) is 0 Å². The quantitative estimate of drug-likeness (QED) is 0.746. The van der Waals surface area contributed by atoms with E-state index in [2.05, 4.69) is 78.1 Å². The van der Waals surface area contributed by atoms with Crippen molar-refractivity contribution < 1.29 is 0 Å². The number of aryl methyl sites for hydroxylation is 1. The maximum atomic E-state index is 3.36. The normalized spacial score (nSPS) is 12.7. The lowest BCUT2D eigenvalue weighted by atomic mass is 10.0. The molecule has 1 N–H and O–H groups in total. The summed E-state index contributed by atoms with van der Waals surface area (Å²) in [6.07, 6.45) is 7.82. The zero-order valence-corrected chi connectivity index (χ0v) is 12.1. The van der Waals surface area contributed by atoms with E-state index in [1.807, 2.05) is 7.05 Å². The molecule has 0 bridgehead atoms. The second kappa shape index (κ2) is 8.34. The van der Waals surface area contributed by atoms with Gasteiger partial charge in [-0.2, -0.15) is 0 Å². The lowest BCUT2D eigenvalue weighted by Gasteiger charge is -2.11. The fourth-order valence-corrected chi connectivity index (χ4v) is 2.29. The number of hydrogen-bond donors (Lipinski definition) is 1. The van der Waals surface area contributed by atoms with Crippen LogP contribution < -0.4 is 5.32 Å². The zero-order chi connectivity index (χ0) is 14.0. The first kappa shape index (κ1) is 14.5. The molecule has 0 fully saturated rings. The van der Waals surface area contributed by atoms with Crippen LogP contribution in [0.25, 0.3) is 0 Å². The molecule has 2 aromatic carbocycles. The number of allylic oxidation sites excluding steroid dienone is 1. The summed E-state index contributed by atoms with van der Waals surface area (Å²) in [5.74, 6) is 0. The Kier molecular flexibility index (Phi) is 6.07. The van der Waals surface area contributed by atoms with E-state index in [1.165, 1.54) is 11.1 Å². The lowest BCUT2D eigenvalue weighted by molar-refractivity contribution is 0.661. The van der Waals surface area contributed by atoms with E-state index < -0.39 is 0 Å². The molecule has 0 amide bonds. The van der Waals surface area contributed by atoms with Crippen molar-refractivity contribution in [2.24, 2.45) is 0 Å². The predicted molar refractivity (Wildman–Crippen MR) is 86.9 cm³/mol. The van der Waals surface area contributed by atoms with Crippen molar-refractivity contribution in [3.8, 4) is 0 Å². The number of benzene rings is 2. The Bertz CT molecular complexity index is 502. The Labute approximate surface area is 122 Å². The average Bonchev–Trinajstić information content (AvgIpc) is 2.52. The molecule has 0 aliphatic heterocycles. The number of nitrogens with one attached hydrogen (secondary N) is 1. The second-order valence-electron chi connectivity index (χ2n) is 5.04. The molecule has 0 aliphatic rings. The van der Waals surface area contributed by atoms with Crippen molar-refractivity contribution in [1.29, 1.82) is 0 Å². The second-order valence-corrected chi connectivity index (χ2v) is 5.04. The third-order valence-corrected chi connectivity index (χ3v) is 3.48. The Morgan fingerprint density at radius 2 is 1.50 bits per heavy atom. The Morgan fingerprint density at radius 1 is 0.900 bits per heavy atom. The SMILES string of the molecule is CNC(/C=C/CCc1ccccc1)Cc1ccccc1. The van der Waals surface area contributed by atoms with Crippen molar-refractivity contribution in [1.82, 2.24) is 5.32 Å². The van der Waals surface area contributed by atoms with Gasteiger partial charge in [0.05, 0.1) is 0 Å². The van der Waals surface area contributed by atoms with E-state index in [-0.39, 0.29) is 0 Å². The van der Waals surface area contributed by atoms with Gasteiger partial charge in [-0.05, 0) is 37.4 Å². The summed E-state index contributed by atoms with van der Waals surface area (Å²) in [5, 5.41) is 3.36. The molecular weight excluding hydrogens is 242 g/mol. The highest BCUT2D eigenvalue weighted by molar-refractivity contribution is 5.18. The molecule has 0 heterocycles. The largest absolute Gasteiger partial charge is 0.313 e. The number of rotatable bonds is 7. The summed E-state index contributed by atoms with van der Waals surface area (Å²) < 4.78 is 0. The average molecular weight is 265 g/mol. The van der Waals surface area contributed by atoms with Crippen LogP contribution in [-0.4, -0.2) is 13.1 Å². The molecule has 1 atom stereocenters. The van der Waals surface area contributed by atoms with Crippen LogP contribution in [0.15, 0.2) is 72.8 Å². The Hall–Kier alpha value is -1.86. The molecule has 104 valence electrons. The van der Waals surface area contributed by atoms with E-state index in [4.69, 9.17) is 0 Å². The highest BCUT2D eigenvalue weighted by atomic mass is 14.9. The molecule has 0 aromatic heterocycles. The van der Waals surface area contributed by atoms with Crippen LogP contribution in [0.3, 0.4) is 0 Å². The summed E-state index contributed by atoms with van der Waals surface area (Å²) in [7, 11) is 2.02. The molecule has 0 saturated heterocycles. The van der Waals surface area contributed by atoms with Gasteiger partial charge >= 0.3 is 0 Å². The smallest absolute Gasteiger partial charge is 0.0287 e. The highest BCUT2D eigenvalue weighted by Crippen LogP contribution is 2.06. The molecule has 0 radical (unpaired) electrons. The van der Waals surface area contributed by atoms with Crippen LogP contribution >= 0.6 is 0 Å². The van der Waals surface area contributed by atoms with Crippen LogP contribution in [0.4, 0.5) is 0 Å². The van der Waals surface area contributed by atoms with Gasteiger partial charge in [-0.25, -0.2) is 0 Å². The van der Waals surface area contributed by atoms with Gasteiger partial charge in [0.2, 0.25) is 0 Å². The molecule has 20 heavy (non-hydrogen) atoms. The summed E-state index contributed by atoms with van der Waals surface area (Å²) >= 11 is 0. The van der Waals surface area contributed by atoms with Gasteiger partial charge < -0.3 is 5.32 Å². The summed E-state index contributed by atoms with van der Waals surface area (Å²) in [4.78, 5) is 0. The lowest BCUT2D eigenvalue weighted by Crippen LogP contribution is -2.25. The fourth-order valence-electron chi connectivity index (χ4n) is 2.29. The van der Waals surface area contributed by atoms with Gasteiger partial charge in [0.25, 0.3) is 0 Å². The first-order valence-electron chi connectivity index (χ1n) is 7.30. The first-order valence-corrected chi connectivity index (χ1v) is 7.30. The molecule has 1 heteroatoms. The third-order valence-electron chi connectivity index (χ3n) is 3.48. The van der Waals surface area contributed by atoms with E-state index in [0.717, 1.165) is 19.3 Å². The minimum absolute atomic E-state index is 0.410. The minimum atomic E-state index is 0.410. The minimum Gasteiger partial charge on any atom is -0.313 e. The van der Waals surface area contributed by atoms with E-state index in [0.29, 0.717) is 6.04 Å². The number of hydrogen-bond acceptors (Lipinski definition) is 1. The van der Waals surface area contributed by atoms with E-state index in [9.17, 15) is 0 Å². The molecule has 1 nitrogen and oxygen atoms in total. The molecule has 2 rings (SSSR count). The van der Waals surface area contributed by atoms with E-state index in [1.54, 1.807) is 0 Å². The monoisotopic (exact) mass is 265 g/mol.